The lowest BCUT2D eigenvalue weighted by Crippen LogP contribution is -2.47. The van der Waals surface area contributed by atoms with Crippen LogP contribution in [-0.4, -0.2) is 24.2 Å². The molecule has 2 rings (SSSR count). The number of rotatable bonds is 4. The van der Waals surface area contributed by atoms with Crippen LogP contribution < -0.4 is 0 Å². The van der Waals surface area contributed by atoms with Gasteiger partial charge in [0.15, 0.2) is 0 Å². The fourth-order valence-electron chi connectivity index (χ4n) is 2.78. The van der Waals surface area contributed by atoms with E-state index >= 15 is 0 Å². The predicted octanol–water partition coefficient (Wildman–Crippen LogP) is 4.18. The van der Waals surface area contributed by atoms with Gasteiger partial charge in [0.05, 0.1) is 6.07 Å². The summed E-state index contributed by atoms with van der Waals surface area (Å²) in [6.07, 6.45) is 0.113. The maximum atomic E-state index is 14.3. The van der Waals surface area contributed by atoms with Crippen LogP contribution in [0.2, 0.25) is 0 Å². The van der Waals surface area contributed by atoms with Crippen molar-refractivity contribution in [3.8, 4) is 6.07 Å². The first-order valence-corrected chi connectivity index (χ1v) is 7.43. The van der Waals surface area contributed by atoms with E-state index in [2.05, 4.69) is 41.8 Å². The van der Waals surface area contributed by atoms with Gasteiger partial charge in [-0.25, -0.2) is 4.39 Å². The second kappa shape index (κ2) is 6.41. The molecule has 1 aromatic rings. The van der Waals surface area contributed by atoms with E-state index in [0.29, 0.717) is 13.0 Å². The summed E-state index contributed by atoms with van der Waals surface area (Å²) < 4.78 is 14.3. The Balaban J connectivity index is 1.96. The third kappa shape index (κ3) is 3.71. The quantitative estimate of drug-likeness (QED) is 0.830. The molecule has 1 aliphatic rings. The summed E-state index contributed by atoms with van der Waals surface area (Å²) in [6.45, 7) is 9.83. The van der Waals surface area contributed by atoms with E-state index in [-0.39, 0.29) is 0 Å². The third-order valence-electron chi connectivity index (χ3n) is 4.51. The summed E-state index contributed by atoms with van der Waals surface area (Å²) in [5.74, 6) is 0. The van der Waals surface area contributed by atoms with Crippen molar-refractivity contribution >= 4 is 5.57 Å². The highest BCUT2D eigenvalue weighted by atomic mass is 19.1. The molecule has 1 fully saturated rings. The molecule has 0 N–H and O–H groups in total. The van der Waals surface area contributed by atoms with Gasteiger partial charge in [-0.2, -0.15) is 5.26 Å². The number of alkyl halides is 1. The van der Waals surface area contributed by atoms with E-state index in [1.54, 1.807) is 0 Å². The smallest absolute Gasteiger partial charge is 0.119 e. The molecule has 0 spiro atoms. The summed E-state index contributed by atoms with van der Waals surface area (Å²) in [7, 11) is 0. The lowest BCUT2D eigenvalue weighted by atomic mass is 9.76. The van der Waals surface area contributed by atoms with Gasteiger partial charge in [0.2, 0.25) is 0 Å². The highest BCUT2D eigenvalue weighted by Crippen LogP contribution is 2.36. The van der Waals surface area contributed by atoms with Crippen LogP contribution in [0.5, 0.6) is 0 Å². The topological polar surface area (TPSA) is 27.0 Å². The van der Waals surface area contributed by atoms with E-state index < -0.39 is 11.6 Å². The first kappa shape index (κ1) is 15.7. The number of halogens is 1. The first-order valence-electron chi connectivity index (χ1n) is 7.43. The van der Waals surface area contributed by atoms with Crippen LogP contribution in [0.1, 0.15) is 37.8 Å². The van der Waals surface area contributed by atoms with Gasteiger partial charge in [-0.3, -0.25) is 4.90 Å². The fraction of sp³-hybridized carbons (Fsp3) is 0.500. The number of nitriles is 1. The lowest BCUT2D eigenvalue weighted by molar-refractivity contribution is 0.0186. The zero-order valence-corrected chi connectivity index (χ0v) is 12.9. The van der Waals surface area contributed by atoms with E-state index in [1.165, 1.54) is 5.56 Å². The largest absolute Gasteiger partial charge is 0.296 e. The number of allylic oxidation sites excluding steroid dienone is 1. The van der Waals surface area contributed by atoms with Crippen molar-refractivity contribution < 1.29 is 4.39 Å². The van der Waals surface area contributed by atoms with Crippen molar-refractivity contribution in [2.24, 2.45) is 5.41 Å². The molecular weight excluding hydrogens is 263 g/mol. The average Bonchev–Trinajstić information content (AvgIpc) is 2.44. The van der Waals surface area contributed by atoms with Gasteiger partial charge >= 0.3 is 0 Å². The maximum Gasteiger partial charge on any atom is 0.119 e. The molecule has 1 aromatic carbocycles. The molecule has 21 heavy (non-hydrogen) atoms. The van der Waals surface area contributed by atoms with Gasteiger partial charge in [-0.05, 0) is 31.0 Å². The number of piperidine rings is 1. The van der Waals surface area contributed by atoms with Gasteiger partial charge in [-0.1, -0.05) is 43.3 Å². The van der Waals surface area contributed by atoms with Crippen molar-refractivity contribution in [1.82, 2.24) is 4.90 Å². The number of nitrogens with zero attached hydrogens (tertiary/aromatic N) is 2. The molecule has 2 nitrogen and oxygen atoms in total. The van der Waals surface area contributed by atoms with E-state index in [1.807, 2.05) is 13.8 Å². The van der Waals surface area contributed by atoms with Crippen LogP contribution in [0, 0.1) is 16.7 Å². The van der Waals surface area contributed by atoms with Crippen LogP contribution in [0.25, 0.3) is 5.57 Å². The minimum atomic E-state index is -0.930. The van der Waals surface area contributed by atoms with Crippen LogP contribution in [0.15, 0.2) is 30.8 Å². The molecule has 1 saturated heterocycles. The average molecular weight is 286 g/mol. The van der Waals surface area contributed by atoms with Crippen LogP contribution in [-0.2, 0) is 6.54 Å². The molecule has 0 saturated carbocycles. The molecule has 3 heteroatoms. The number of hydrogen-bond donors (Lipinski definition) is 0. The molecule has 1 aliphatic heterocycles. The fourth-order valence-corrected chi connectivity index (χ4v) is 2.78. The van der Waals surface area contributed by atoms with Gasteiger partial charge in [0, 0.05) is 24.9 Å². The highest BCUT2D eigenvalue weighted by Gasteiger charge is 2.39. The Hall–Kier alpha value is -1.66. The Labute approximate surface area is 126 Å². The van der Waals surface area contributed by atoms with E-state index in [9.17, 15) is 4.39 Å². The Morgan fingerprint density at radius 2 is 2.14 bits per heavy atom. The summed E-state index contributed by atoms with van der Waals surface area (Å²) in [6, 6.07) is 10.4. The van der Waals surface area contributed by atoms with Crippen molar-refractivity contribution in [2.75, 3.05) is 13.1 Å². The molecule has 0 amide bonds. The van der Waals surface area contributed by atoms with Gasteiger partial charge < -0.3 is 0 Å². The van der Waals surface area contributed by atoms with Crippen molar-refractivity contribution in [3.63, 3.8) is 0 Å². The van der Waals surface area contributed by atoms with Crippen LogP contribution in [0.3, 0.4) is 0 Å². The zero-order valence-electron chi connectivity index (χ0n) is 12.9. The first-order chi connectivity index (χ1) is 9.94. The Morgan fingerprint density at radius 1 is 1.48 bits per heavy atom. The summed E-state index contributed by atoms with van der Waals surface area (Å²) >= 11 is 0. The Kier molecular flexibility index (Phi) is 4.80. The lowest BCUT2D eigenvalue weighted by Gasteiger charge is -2.41. The van der Waals surface area contributed by atoms with Crippen LogP contribution in [0.4, 0.5) is 4.39 Å². The van der Waals surface area contributed by atoms with Gasteiger partial charge in [-0.15, -0.1) is 0 Å². The van der Waals surface area contributed by atoms with Gasteiger partial charge in [0.1, 0.15) is 6.17 Å². The summed E-state index contributed by atoms with van der Waals surface area (Å²) in [4.78, 5) is 2.14. The summed E-state index contributed by atoms with van der Waals surface area (Å²) in [5.41, 5.74) is 2.91. The SMILES string of the molecule is C=C(C)c1ccc(CN2CCC(C)(CC#N)C(F)C2)cc1. The number of hydrogen-bond acceptors (Lipinski definition) is 2. The Bertz CT molecular complexity index is 543. The van der Waals surface area contributed by atoms with Crippen LogP contribution >= 0.6 is 0 Å². The molecule has 0 aromatic heterocycles. The number of benzene rings is 1. The molecule has 0 bridgehead atoms. The highest BCUT2D eigenvalue weighted by molar-refractivity contribution is 5.61. The number of likely N-dealkylation sites (tertiary alicyclic amines) is 1. The molecular formula is C18H23FN2. The molecule has 0 radical (unpaired) electrons. The molecule has 1 heterocycles. The zero-order chi connectivity index (χ0) is 15.5. The molecule has 0 aliphatic carbocycles. The summed E-state index contributed by atoms with van der Waals surface area (Å²) in [5, 5.41) is 8.84. The second-order valence-corrected chi connectivity index (χ2v) is 6.42. The third-order valence-corrected chi connectivity index (χ3v) is 4.51. The monoisotopic (exact) mass is 286 g/mol. The second-order valence-electron chi connectivity index (χ2n) is 6.42. The minimum Gasteiger partial charge on any atom is -0.296 e. The molecule has 2 unspecified atom stereocenters. The molecule has 112 valence electrons. The van der Waals surface area contributed by atoms with Gasteiger partial charge in [0.25, 0.3) is 0 Å². The van der Waals surface area contributed by atoms with Crippen molar-refractivity contribution in [2.45, 2.75) is 39.4 Å². The van der Waals surface area contributed by atoms with Crippen molar-refractivity contribution in [3.05, 3.63) is 42.0 Å². The normalized spacial score (nSPS) is 26.3. The standard InChI is InChI=1S/C18H23FN2/c1-14(2)16-6-4-15(5-7-16)12-21-11-9-18(3,8-10-20)17(19)13-21/h4-7,17H,1,8-9,11-13H2,2-3H3. The Morgan fingerprint density at radius 3 is 2.67 bits per heavy atom. The molecule has 2 atom stereocenters. The minimum absolute atomic E-state index is 0.301. The van der Waals surface area contributed by atoms with E-state index in [0.717, 1.165) is 30.6 Å². The van der Waals surface area contributed by atoms with Crippen molar-refractivity contribution in [1.29, 1.82) is 5.26 Å². The predicted molar refractivity (Wildman–Crippen MR) is 84.3 cm³/mol. The maximum absolute atomic E-state index is 14.3. The van der Waals surface area contributed by atoms with E-state index in [4.69, 9.17) is 5.26 Å².